The molecule has 0 spiro atoms. The third-order valence-corrected chi connectivity index (χ3v) is 7.50. The smallest absolute Gasteiger partial charge is 0.380 e. The van der Waals surface area contributed by atoms with Crippen LogP contribution in [0.5, 0.6) is 0 Å². The van der Waals surface area contributed by atoms with Crippen LogP contribution in [0, 0.1) is 11.7 Å². The maximum Gasteiger partial charge on any atom is 0.414 e. The number of hydrogen-bond acceptors (Lipinski definition) is 5. The Balaban J connectivity index is 1.23. The highest BCUT2D eigenvalue weighted by molar-refractivity contribution is 6.30. The van der Waals surface area contributed by atoms with Crippen molar-refractivity contribution in [3.8, 4) is 0 Å². The number of anilines is 1. The zero-order valence-electron chi connectivity index (χ0n) is 19.9. The van der Waals surface area contributed by atoms with Gasteiger partial charge in [0.05, 0.1) is 35.1 Å². The topological polar surface area (TPSA) is 74.8 Å². The number of benzene rings is 1. The Morgan fingerprint density at radius 2 is 1.95 bits per heavy atom. The average Bonchev–Trinajstić information content (AvgIpc) is 3.17. The first-order valence-electron chi connectivity index (χ1n) is 11.9. The predicted molar refractivity (Wildman–Crippen MR) is 126 cm³/mol. The van der Waals surface area contributed by atoms with E-state index in [1.807, 2.05) is 0 Å². The van der Waals surface area contributed by atoms with Gasteiger partial charge in [-0.2, -0.15) is 13.2 Å². The quantitative estimate of drug-likeness (QED) is 0.565. The van der Waals surface area contributed by atoms with Crippen molar-refractivity contribution in [1.29, 1.82) is 0 Å². The number of hydrogen-bond donors (Lipinski definition) is 1. The number of aromatic nitrogens is 1. The van der Waals surface area contributed by atoms with Crippen LogP contribution in [0.4, 0.5) is 23.2 Å². The Morgan fingerprint density at radius 1 is 1.22 bits per heavy atom. The molecule has 0 radical (unpaired) electrons. The van der Waals surface area contributed by atoms with Crippen LogP contribution in [0.1, 0.15) is 29.3 Å². The van der Waals surface area contributed by atoms with E-state index in [0.29, 0.717) is 42.0 Å². The molecule has 2 saturated heterocycles. The Hall–Kier alpha value is -2.92. The van der Waals surface area contributed by atoms with Crippen LogP contribution in [0.15, 0.2) is 30.5 Å². The Kier molecular flexibility index (Phi) is 6.78. The van der Waals surface area contributed by atoms with Gasteiger partial charge in [-0.15, -0.1) is 0 Å². The molecule has 5 rings (SSSR count). The molecule has 0 bridgehead atoms. The zero-order chi connectivity index (χ0) is 26.5. The summed E-state index contributed by atoms with van der Waals surface area (Å²) in [7, 11) is 1.10. The minimum absolute atomic E-state index is 0.0517. The van der Waals surface area contributed by atoms with Crippen LogP contribution >= 0.6 is 11.6 Å². The molecule has 1 N–H and O–H groups in total. The largest absolute Gasteiger partial charge is 0.414 e. The van der Waals surface area contributed by atoms with Crippen molar-refractivity contribution in [3.05, 3.63) is 58.1 Å². The van der Waals surface area contributed by atoms with Crippen molar-refractivity contribution in [1.82, 2.24) is 14.8 Å². The average molecular weight is 541 g/mol. The summed E-state index contributed by atoms with van der Waals surface area (Å²) in [5, 5.41) is 3.23. The molecule has 3 heterocycles. The Bertz CT molecular complexity index is 1200. The molecular weight excluding hydrogens is 516 g/mol. The maximum absolute atomic E-state index is 14.3. The van der Waals surface area contributed by atoms with Crippen LogP contribution in [0.3, 0.4) is 0 Å². The number of carbonyl (C=O) groups is 2. The van der Waals surface area contributed by atoms with E-state index in [1.54, 1.807) is 6.07 Å². The van der Waals surface area contributed by atoms with Crippen molar-refractivity contribution in [2.24, 2.45) is 5.92 Å². The summed E-state index contributed by atoms with van der Waals surface area (Å²) in [6.45, 7) is 0.641. The number of pyridine rings is 1. The predicted octanol–water partition coefficient (Wildman–Crippen LogP) is 3.76. The maximum atomic E-state index is 14.3. The second-order valence-corrected chi connectivity index (χ2v) is 10.1. The molecule has 198 valence electrons. The van der Waals surface area contributed by atoms with E-state index in [-0.39, 0.29) is 35.8 Å². The number of ether oxygens (including phenoxy) is 1. The molecule has 7 nitrogen and oxygen atoms in total. The molecule has 1 aliphatic carbocycles. The Morgan fingerprint density at radius 3 is 2.54 bits per heavy atom. The molecule has 2 fully saturated rings. The normalized spacial score (nSPS) is 22.1. The number of amides is 2. The summed E-state index contributed by atoms with van der Waals surface area (Å²) < 4.78 is 61.5. The number of nitrogens with one attached hydrogen (secondary N) is 1. The highest BCUT2D eigenvalue weighted by Gasteiger charge is 2.49. The monoisotopic (exact) mass is 540 g/mol. The van der Waals surface area contributed by atoms with Gasteiger partial charge < -0.3 is 19.9 Å². The summed E-state index contributed by atoms with van der Waals surface area (Å²) in [6.07, 6.45) is -2.44. The van der Waals surface area contributed by atoms with Crippen molar-refractivity contribution in [2.45, 2.75) is 43.6 Å². The summed E-state index contributed by atoms with van der Waals surface area (Å²) in [6, 6.07) is 3.57. The summed E-state index contributed by atoms with van der Waals surface area (Å²) in [5.41, 5.74) is 1.52. The second-order valence-electron chi connectivity index (χ2n) is 9.70. The van der Waals surface area contributed by atoms with Gasteiger partial charge in [-0.25, -0.2) is 4.39 Å². The van der Waals surface area contributed by atoms with Crippen molar-refractivity contribution in [3.63, 3.8) is 0 Å². The third-order valence-electron chi connectivity index (χ3n) is 7.21. The molecule has 2 amide bonds. The Labute approximate surface area is 215 Å². The van der Waals surface area contributed by atoms with Gasteiger partial charge in [0.2, 0.25) is 5.91 Å². The van der Waals surface area contributed by atoms with Gasteiger partial charge in [-0.1, -0.05) is 17.7 Å². The standard InChI is InChI=1S/C25H25ClF4N4O3/c1-33(23(35)14-11-34(12-14)24(36)20-6-7-37-20)22(25(28,29)30)19-5-3-15(10-31-19)32-16-8-13-2-4-18(26)21(27)17(13)9-16/h2-5,10,14,16,20,22,32H,6-9,11-12H2,1H3/t16?,20?,22-/m0/s1. The van der Waals surface area contributed by atoms with E-state index in [0.717, 1.165) is 12.6 Å². The molecular formula is C25H25ClF4N4O3. The second kappa shape index (κ2) is 9.75. The summed E-state index contributed by atoms with van der Waals surface area (Å²) in [4.78, 5) is 31.1. The van der Waals surface area contributed by atoms with E-state index in [4.69, 9.17) is 16.3 Å². The first-order chi connectivity index (χ1) is 17.5. The van der Waals surface area contributed by atoms with Crippen molar-refractivity contribution >= 4 is 29.1 Å². The molecule has 0 saturated carbocycles. The lowest BCUT2D eigenvalue weighted by Crippen LogP contribution is -2.60. The van der Waals surface area contributed by atoms with Gasteiger partial charge >= 0.3 is 6.18 Å². The highest BCUT2D eigenvalue weighted by Crippen LogP contribution is 2.38. The van der Waals surface area contributed by atoms with Crippen LogP contribution in [-0.4, -0.2) is 71.7 Å². The minimum Gasteiger partial charge on any atom is -0.380 e. The number of likely N-dealkylation sites (tertiary alicyclic amines) is 1. The van der Waals surface area contributed by atoms with Gasteiger partial charge in [-0.3, -0.25) is 14.6 Å². The SMILES string of the molecule is CN(C(=O)C1CN(C(=O)C2CCO2)C1)[C@@H](c1ccc(NC2Cc3ccc(Cl)c(F)c3C2)cn1)C(F)(F)F. The van der Waals surface area contributed by atoms with Crippen molar-refractivity contribution in [2.75, 3.05) is 32.1 Å². The lowest BCUT2D eigenvalue weighted by molar-refractivity contribution is -0.194. The molecule has 3 atom stereocenters. The fraction of sp³-hybridized carbons (Fsp3) is 0.480. The molecule has 1 aromatic heterocycles. The van der Waals surface area contributed by atoms with Crippen LogP contribution in [-0.2, 0) is 27.2 Å². The van der Waals surface area contributed by atoms with Crippen LogP contribution in [0.25, 0.3) is 0 Å². The number of carbonyl (C=O) groups excluding carboxylic acids is 2. The lowest BCUT2D eigenvalue weighted by Gasteiger charge is -2.43. The van der Waals surface area contributed by atoms with E-state index in [2.05, 4.69) is 10.3 Å². The summed E-state index contributed by atoms with van der Waals surface area (Å²) >= 11 is 5.86. The minimum atomic E-state index is -4.75. The van der Waals surface area contributed by atoms with Crippen LogP contribution < -0.4 is 5.32 Å². The molecule has 2 aliphatic heterocycles. The number of alkyl halides is 3. The lowest BCUT2D eigenvalue weighted by atomic mass is 9.95. The fourth-order valence-corrected chi connectivity index (χ4v) is 5.25. The van der Waals surface area contributed by atoms with Crippen LogP contribution in [0.2, 0.25) is 5.02 Å². The molecule has 2 unspecified atom stereocenters. The number of rotatable bonds is 6. The molecule has 3 aliphatic rings. The first kappa shape index (κ1) is 25.7. The van der Waals surface area contributed by atoms with Gasteiger partial charge in [0, 0.05) is 32.6 Å². The number of halogens is 5. The van der Waals surface area contributed by atoms with Crippen molar-refractivity contribution < 1.29 is 31.9 Å². The van der Waals surface area contributed by atoms with Gasteiger partial charge in [0.15, 0.2) is 6.04 Å². The van der Waals surface area contributed by atoms with Gasteiger partial charge in [0.1, 0.15) is 11.9 Å². The zero-order valence-corrected chi connectivity index (χ0v) is 20.7. The molecule has 12 heteroatoms. The fourth-order valence-electron chi connectivity index (χ4n) is 5.07. The van der Waals surface area contributed by atoms with Gasteiger partial charge in [-0.05, 0) is 42.2 Å². The van der Waals surface area contributed by atoms with E-state index < -0.39 is 36.0 Å². The third kappa shape index (κ3) is 4.98. The summed E-state index contributed by atoms with van der Waals surface area (Å²) in [5.74, 6) is -2.09. The number of nitrogens with zero attached hydrogens (tertiary/aromatic N) is 3. The number of fused-ring (bicyclic) bond motifs is 1. The molecule has 37 heavy (non-hydrogen) atoms. The van der Waals surface area contributed by atoms with Gasteiger partial charge in [0.25, 0.3) is 5.91 Å². The van der Waals surface area contributed by atoms with E-state index >= 15 is 0 Å². The highest BCUT2D eigenvalue weighted by atomic mass is 35.5. The molecule has 1 aromatic carbocycles. The van der Waals surface area contributed by atoms with E-state index in [9.17, 15) is 27.2 Å². The first-order valence-corrected chi connectivity index (χ1v) is 12.3. The molecule has 2 aromatic rings. The van der Waals surface area contributed by atoms with E-state index in [1.165, 1.54) is 29.3 Å².